The standard InChI is InChI=1S/C14H21NO2/c1-10(2)14(15-3)11-5-6-12-13(9-11)17-8-4-7-16-12/h5-6,9-10,14-15H,4,7-8H2,1-3H3. The second kappa shape index (κ2) is 5.41. The molecule has 1 aromatic rings. The number of rotatable bonds is 3. The predicted molar refractivity (Wildman–Crippen MR) is 68.7 cm³/mol. The molecule has 1 aliphatic heterocycles. The molecule has 2 rings (SSSR count). The number of hydrogen-bond acceptors (Lipinski definition) is 3. The lowest BCUT2D eigenvalue weighted by Gasteiger charge is -2.21. The van der Waals surface area contributed by atoms with Crippen LogP contribution in [0.15, 0.2) is 18.2 Å². The summed E-state index contributed by atoms with van der Waals surface area (Å²) in [7, 11) is 1.99. The minimum absolute atomic E-state index is 0.354. The minimum Gasteiger partial charge on any atom is -0.490 e. The number of hydrogen-bond donors (Lipinski definition) is 1. The maximum Gasteiger partial charge on any atom is 0.161 e. The lowest BCUT2D eigenvalue weighted by atomic mass is 9.96. The molecule has 0 fully saturated rings. The highest BCUT2D eigenvalue weighted by Gasteiger charge is 2.17. The van der Waals surface area contributed by atoms with Gasteiger partial charge in [-0.05, 0) is 30.7 Å². The van der Waals surface area contributed by atoms with E-state index in [1.165, 1.54) is 5.56 Å². The summed E-state index contributed by atoms with van der Waals surface area (Å²) in [5, 5.41) is 3.34. The van der Waals surface area contributed by atoms with E-state index in [1.54, 1.807) is 0 Å². The van der Waals surface area contributed by atoms with Gasteiger partial charge < -0.3 is 14.8 Å². The molecule has 0 aliphatic carbocycles. The summed E-state index contributed by atoms with van der Waals surface area (Å²) >= 11 is 0. The molecule has 1 N–H and O–H groups in total. The van der Waals surface area contributed by atoms with Gasteiger partial charge in [-0.1, -0.05) is 19.9 Å². The van der Waals surface area contributed by atoms with E-state index >= 15 is 0 Å². The smallest absolute Gasteiger partial charge is 0.161 e. The second-order valence-electron chi connectivity index (χ2n) is 4.77. The van der Waals surface area contributed by atoms with Crippen LogP contribution in [0.25, 0.3) is 0 Å². The highest BCUT2D eigenvalue weighted by atomic mass is 16.5. The maximum atomic E-state index is 5.71. The molecule has 1 atom stereocenters. The van der Waals surface area contributed by atoms with Crippen LogP contribution in [-0.4, -0.2) is 20.3 Å². The molecule has 1 aliphatic rings. The largest absolute Gasteiger partial charge is 0.490 e. The molecule has 1 unspecified atom stereocenters. The Labute approximate surface area is 103 Å². The van der Waals surface area contributed by atoms with Crippen LogP contribution in [0.4, 0.5) is 0 Å². The van der Waals surface area contributed by atoms with Gasteiger partial charge in [-0.3, -0.25) is 0 Å². The van der Waals surface area contributed by atoms with Crippen molar-refractivity contribution >= 4 is 0 Å². The number of ether oxygens (including phenoxy) is 2. The third-order valence-electron chi connectivity index (χ3n) is 3.11. The highest BCUT2D eigenvalue weighted by Crippen LogP contribution is 2.33. The van der Waals surface area contributed by atoms with Crippen LogP contribution in [0.5, 0.6) is 11.5 Å². The molecule has 1 heterocycles. The van der Waals surface area contributed by atoms with E-state index in [-0.39, 0.29) is 0 Å². The average Bonchev–Trinajstić information content (AvgIpc) is 2.54. The normalized spacial score (nSPS) is 16.7. The molecule has 3 heteroatoms. The minimum atomic E-state index is 0.354. The van der Waals surface area contributed by atoms with E-state index in [0.29, 0.717) is 12.0 Å². The van der Waals surface area contributed by atoms with E-state index in [0.717, 1.165) is 31.1 Å². The van der Waals surface area contributed by atoms with Crippen molar-refractivity contribution in [2.45, 2.75) is 26.3 Å². The van der Waals surface area contributed by atoms with Crippen LogP contribution in [0, 0.1) is 5.92 Å². The molecule has 0 saturated carbocycles. The van der Waals surface area contributed by atoms with Crippen molar-refractivity contribution in [3.05, 3.63) is 23.8 Å². The molecule has 0 bridgehead atoms. The van der Waals surface area contributed by atoms with Crippen LogP contribution in [-0.2, 0) is 0 Å². The molecule has 1 aromatic carbocycles. The summed E-state index contributed by atoms with van der Waals surface area (Å²) in [6.07, 6.45) is 0.948. The summed E-state index contributed by atoms with van der Waals surface area (Å²) < 4.78 is 11.3. The Morgan fingerprint density at radius 1 is 1.12 bits per heavy atom. The van der Waals surface area contributed by atoms with E-state index in [2.05, 4.69) is 31.3 Å². The van der Waals surface area contributed by atoms with Crippen molar-refractivity contribution in [1.29, 1.82) is 0 Å². The van der Waals surface area contributed by atoms with Crippen molar-refractivity contribution in [3.63, 3.8) is 0 Å². The van der Waals surface area contributed by atoms with Gasteiger partial charge in [0.15, 0.2) is 11.5 Å². The van der Waals surface area contributed by atoms with Gasteiger partial charge in [0.1, 0.15) is 0 Å². The number of benzene rings is 1. The van der Waals surface area contributed by atoms with Crippen molar-refractivity contribution in [2.24, 2.45) is 5.92 Å². The number of nitrogens with one attached hydrogen (secondary N) is 1. The van der Waals surface area contributed by atoms with Gasteiger partial charge in [-0.15, -0.1) is 0 Å². The average molecular weight is 235 g/mol. The molecule has 94 valence electrons. The van der Waals surface area contributed by atoms with Crippen LogP contribution >= 0.6 is 0 Å². The SMILES string of the molecule is CNC(c1ccc2c(c1)OCCCO2)C(C)C. The Hall–Kier alpha value is -1.22. The van der Waals surface area contributed by atoms with Crippen LogP contribution in [0.3, 0.4) is 0 Å². The summed E-state index contributed by atoms with van der Waals surface area (Å²) in [5.74, 6) is 2.29. The van der Waals surface area contributed by atoms with Gasteiger partial charge in [0.25, 0.3) is 0 Å². The van der Waals surface area contributed by atoms with E-state index in [1.807, 2.05) is 13.1 Å². The fraction of sp³-hybridized carbons (Fsp3) is 0.571. The molecule has 0 saturated heterocycles. The second-order valence-corrected chi connectivity index (χ2v) is 4.77. The fourth-order valence-corrected chi connectivity index (χ4v) is 2.26. The molecule has 3 nitrogen and oxygen atoms in total. The molecule has 0 amide bonds. The Kier molecular flexibility index (Phi) is 3.89. The summed E-state index contributed by atoms with van der Waals surface area (Å²) in [6, 6.07) is 6.59. The van der Waals surface area contributed by atoms with Crippen molar-refractivity contribution < 1.29 is 9.47 Å². The first-order valence-electron chi connectivity index (χ1n) is 6.29. The van der Waals surface area contributed by atoms with E-state index in [9.17, 15) is 0 Å². The van der Waals surface area contributed by atoms with Gasteiger partial charge in [0.2, 0.25) is 0 Å². The van der Waals surface area contributed by atoms with E-state index in [4.69, 9.17) is 9.47 Å². The maximum absolute atomic E-state index is 5.71. The quantitative estimate of drug-likeness (QED) is 0.874. The Morgan fingerprint density at radius 3 is 2.47 bits per heavy atom. The first kappa shape index (κ1) is 12.2. The monoisotopic (exact) mass is 235 g/mol. The zero-order valence-corrected chi connectivity index (χ0v) is 10.8. The first-order chi connectivity index (χ1) is 8.22. The Bertz CT molecular complexity index is 376. The summed E-state index contributed by atoms with van der Waals surface area (Å²) in [6.45, 7) is 5.91. The zero-order chi connectivity index (χ0) is 12.3. The van der Waals surface area contributed by atoms with Gasteiger partial charge in [0.05, 0.1) is 13.2 Å². The Morgan fingerprint density at radius 2 is 1.82 bits per heavy atom. The third kappa shape index (κ3) is 2.72. The molecule has 0 aromatic heterocycles. The van der Waals surface area contributed by atoms with Crippen LogP contribution in [0.2, 0.25) is 0 Å². The van der Waals surface area contributed by atoms with Crippen molar-refractivity contribution in [1.82, 2.24) is 5.32 Å². The highest BCUT2D eigenvalue weighted by molar-refractivity contribution is 5.44. The first-order valence-corrected chi connectivity index (χ1v) is 6.29. The van der Waals surface area contributed by atoms with Crippen molar-refractivity contribution in [2.75, 3.05) is 20.3 Å². The van der Waals surface area contributed by atoms with Crippen LogP contribution in [0.1, 0.15) is 31.9 Å². The molecular weight excluding hydrogens is 214 g/mol. The molecular formula is C14H21NO2. The van der Waals surface area contributed by atoms with Crippen LogP contribution < -0.4 is 14.8 Å². The van der Waals surface area contributed by atoms with Gasteiger partial charge in [0, 0.05) is 12.5 Å². The summed E-state index contributed by atoms with van der Waals surface area (Å²) in [4.78, 5) is 0. The lowest BCUT2D eigenvalue weighted by molar-refractivity contribution is 0.297. The molecule has 0 radical (unpaired) electrons. The topological polar surface area (TPSA) is 30.5 Å². The lowest BCUT2D eigenvalue weighted by Crippen LogP contribution is -2.21. The predicted octanol–water partition coefficient (Wildman–Crippen LogP) is 2.76. The molecule has 0 spiro atoms. The van der Waals surface area contributed by atoms with Gasteiger partial charge >= 0.3 is 0 Å². The van der Waals surface area contributed by atoms with Gasteiger partial charge in [-0.25, -0.2) is 0 Å². The third-order valence-corrected chi connectivity index (χ3v) is 3.11. The zero-order valence-electron chi connectivity index (χ0n) is 10.8. The summed E-state index contributed by atoms with van der Waals surface area (Å²) in [5.41, 5.74) is 1.26. The van der Waals surface area contributed by atoms with Crippen molar-refractivity contribution in [3.8, 4) is 11.5 Å². The number of fused-ring (bicyclic) bond motifs is 1. The van der Waals surface area contributed by atoms with E-state index < -0.39 is 0 Å². The fourth-order valence-electron chi connectivity index (χ4n) is 2.26. The Balaban J connectivity index is 2.28. The van der Waals surface area contributed by atoms with Gasteiger partial charge in [-0.2, -0.15) is 0 Å². The molecule has 17 heavy (non-hydrogen) atoms.